The van der Waals surface area contributed by atoms with E-state index in [0.717, 1.165) is 24.6 Å². The van der Waals surface area contributed by atoms with Crippen molar-refractivity contribution >= 4 is 28.4 Å². The molecule has 1 aliphatic rings. The van der Waals surface area contributed by atoms with Crippen LogP contribution < -0.4 is 10.1 Å². The molecule has 4 rings (SSSR count). The predicted molar refractivity (Wildman–Crippen MR) is 103 cm³/mol. The molecule has 0 radical (unpaired) electrons. The summed E-state index contributed by atoms with van der Waals surface area (Å²) in [6.07, 6.45) is 4.79. The van der Waals surface area contributed by atoms with E-state index in [-0.39, 0.29) is 18.6 Å². The van der Waals surface area contributed by atoms with Gasteiger partial charge in [-0.3, -0.25) is 9.78 Å². The molecule has 0 saturated heterocycles. The summed E-state index contributed by atoms with van der Waals surface area (Å²) in [5, 5.41) is 4.52. The van der Waals surface area contributed by atoms with E-state index in [1.807, 2.05) is 24.3 Å². The van der Waals surface area contributed by atoms with Gasteiger partial charge < -0.3 is 10.1 Å². The number of carbonyl (C=O) groups excluding carboxylic acids is 1. The van der Waals surface area contributed by atoms with Crippen LogP contribution in [-0.4, -0.2) is 17.5 Å². The molecule has 0 fully saturated rings. The van der Waals surface area contributed by atoms with Crippen LogP contribution in [0.2, 0.25) is 5.02 Å². The maximum atomic E-state index is 12.4. The molecule has 1 aromatic heterocycles. The van der Waals surface area contributed by atoms with E-state index >= 15 is 0 Å². The number of rotatable bonds is 4. The highest BCUT2D eigenvalue weighted by molar-refractivity contribution is 6.35. The summed E-state index contributed by atoms with van der Waals surface area (Å²) >= 11 is 6.19. The number of aromatic nitrogens is 1. The van der Waals surface area contributed by atoms with E-state index < -0.39 is 0 Å². The fourth-order valence-corrected chi connectivity index (χ4v) is 3.73. The molecule has 5 heteroatoms. The van der Waals surface area contributed by atoms with Crippen LogP contribution >= 0.6 is 11.6 Å². The standard InChI is InChI=1S/C21H19ClN2O2/c22-17-10-11-19(21-16(17)8-4-12-23-21)26-13-20(25)24-18-9-3-6-14-5-1-2-7-15(14)18/h1-2,4-5,7-8,10-12,18H,3,6,9,13H2,(H,24,25)/t18-/m0/s1. The first-order valence-electron chi connectivity index (χ1n) is 8.75. The Hall–Kier alpha value is -2.59. The Labute approximate surface area is 157 Å². The smallest absolute Gasteiger partial charge is 0.258 e. The third-order valence-corrected chi connectivity index (χ3v) is 5.07. The number of nitrogens with zero attached hydrogens (tertiary/aromatic N) is 1. The largest absolute Gasteiger partial charge is 0.481 e. The molecule has 1 heterocycles. The zero-order valence-corrected chi connectivity index (χ0v) is 15.0. The molecule has 0 spiro atoms. The monoisotopic (exact) mass is 366 g/mol. The normalized spacial score (nSPS) is 16.1. The van der Waals surface area contributed by atoms with Crippen molar-refractivity contribution in [1.29, 1.82) is 0 Å². The molecular weight excluding hydrogens is 348 g/mol. The quantitative estimate of drug-likeness (QED) is 0.741. The average Bonchev–Trinajstić information content (AvgIpc) is 2.68. The van der Waals surface area contributed by atoms with Crippen LogP contribution in [0.3, 0.4) is 0 Å². The predicted octanol–water partition coefficient (Wildman–Crippen LogP) is 4.46. The molecule has 0 unspecified atom stereocenters. The molecule has 2 aromatic carbocycles. The number of carbonyl (C=O) groups is 1. The van der Waals surface area contributed by atoms with Crippen molar-refractivity contribution in [1.82, 2.24) is 10.3 Å². The number of amides is 1. The Balaban J connectivity index is 1.45. The summed E-state index contributed by atoms with van der Waals surface area (Å²) in [4.78, 5) is 16.7. The van der Waals surface area contributed by atoms with E-state index in [1.165, 1.54) is 11.1 Å². The second-order valence-corrected chi connectivity index (χ2v) is 6.85. The molecule has 1 aliphatic carbocycles. The molecule has 3 aromatic rings. The zero-order chi connectivity index (χ0) is 17.9. The van der Waals surface area contributed by atoms with Gasteiger partial charge in [0, 0.05) is 11.6 Å². The first kappa shape index (κ1) is 16.9. The van der Waals surface area contributed by atoms with Gasteiger partial charge in [-0.05, 0) is 54.7 Å². The van der Waals surface area contributed by atoms with E-state index in [2.05, 4.69) is 22.4 Å². The van der Waals surface area contributed by atoms with E-state index in [9.17, 15) is 4.79 Å². The Morgan fingerprint density at radius 3 is 3.00 bits per heavy atom. The summed E-state index contributed by atoms with van der Waals surface area (Å²) in [5.41, 5.74) is 3.19. The van der Waals surface area contributed by atoms with Crippen molar-refractivity contribution in [2.24, 2.45) is 0 Å². The lowest BCUT2D eigenvalue weighted by Gasteiger charge is -2.26. The van der Waals surface area contributed by atoms with Crippen molar-refractivity contribution in [2.75, 3.05) is 6.61 Å². The van der Waals surface area contributed by atoms with Gasteiger partial charge in [0.2, 0.25) is 0 Å². The fourth-order valence-electron chi connectivity index (χ4n) is 3.51. The SMILES string of the molecule is O=C(COc1ccc(Cl)c2cccnc12)N[C@H]1CCCc2ccccc21. The minimum atomic E-state index is -0.134. The van der Waals surface area contributed by atoms with Gasteiger partial charge in [-0.15, -0.1) is 0 Å². The maximum absolute atomic E-state index is 12.4. The van der Waals surface area contributed by atoms with Crippen LogP contribution in [0.1, 0.15) is 30.0 Å². The number of hydrogen-bond acceptors (Lipinski definition) is 3. The summed E-state index contributed by atoms with van der Waals surface area (Å²) < 4.78 is 5.73. The Bertz CT molecular complexity index is 958. The maximum Gasteiger partial charge on any atom is 0.258 e. The molecule has 0 aliphatic heterocycles. The minimum absolute atomic E-state index is 0.0496. The van der Waals surface area contributed by atoms with Gasteiger partial charge >= 0.3 is 0 Å². The molecule has 0 bridgehead atoms. The van der Waals surface area contributed by atoms with Gasteiger partial charge in [0.05, 0.1) is 11.1 Å². The lowest BCUT2D eigenvalue weighted by molar-refractivity contribution is -0.123. The molecule has 26 heavy (non-hydrogen) atoms. The number of fused-ring (bicyclic) bond motifs is 2. The van der Waals surface area contributed by atoms with Gasteiger partial charge in [0.15, 0.2) is 6.61 Å². The summed E-state index contributed by atoms with van der Waals surface area (Å²) in [5.74, 6) is 0.426. The lowest BCUT2D eigenvalue weighted by Crippen LogP contribution is -2.34. The van der Waals surface area contributed by atoms with Crippen molar-refractivity contribution in [3.8, 4) is 5.75 Å². The fraction of sp³-hybridized carbons (Fsp3) is 0.238. The average molecular weight is 367 g/mol. The highest BCUT2D eigenvalue weighted by Crippen LogP contribution is 2.30. The third-order valence-electron chi connectivity index (χ3n) is 4.74. The van der Waals surface area contributed by atoms with Gasteiger partial charge in [-0.1, -0.05) is 35.9 Å². The Morgan fingerprint density at radius 2 is 2.08 bits per heavy atom. The lowest BCUT2D eigenvalue weighted by atomic mass is 9.88. The summed E-state index contributed by atoms with van der Waals surface area (Å²) in [6.45, 7) is -0.0496. The number of nitrogens with one attached hydrogen (secondary N) is 1. The highest BCUT2D eigenvalue weighted by Gasteiger charge is 2.21. The van der Waals surface area contributed by atoms with Crippen molar-refractivity contribution < 1.29 is 9.53 Å². The van der Waals surface area contributed by atoms with Gasteiger partial charge in [0.25, 0.3) is 5.91 Å². The molecule has 1 N–H and O–H groups in total. The zero-order valence-electron chi connectivity index (χ0n) is 14.2. The number of hydrogen-bond donors (Lipinski definition) is 1. The van der Waals surface area contributed by atoms with Crippen LogP contribution in [0, 0.1) is 0 Å². The third kappa shape index (κ3) is 3.37. The second kappa shape index (κ2) is 7.34. The van der Waals surface area contributed by atoms with E-state index in [4.69, 9.17) is 16.3 Å². The van der Waals surface area contributed by atoms with Crippen LogP contribution in [0.5, 0.6) is 5.75 Å². The van der Waals surface area contributed by atoms with Crippen LogP contribution in [0.25, 0.3) is 10.9 Å². The molecule has 0 saturated carbocycles. The van der Waals surface area contributed by atoms with Gasteiger partial charge in [-0.2, -0.15) is 0 Å². The second-order valence-electron chi connectivity index (χ2n) is 6.44. The number of halogens is 1. The van der Waals surface area contributed by atoms with Gasteiger partial charge in [-0.25, -0.2) is 0 Å². The summed E-state index contributed by atoms with van der Waals surface area (Å²) in [6, 6.07) is 15.6. The van der Waals surface area contributed by atoms with Crippen molar-refractivity contribution in [3.63, 3.8) is 0 Å². The van der Waals surface area contributed by atoms with Crippen LogP contribution in [0.15, 0.2) is 54.7 Å². The molecule has 1 amide bonds. The molecule has 4 nitrogen and oxygen atoms in total. The minimum Gasteiger partial charge on any atom is -0.481 e. The molecule has 1 atom stereocenters. The number of aryl methyl sites for hydroxylation is 1. The summed E-state index contributed by atoms with van der Waals surface area (Å²) in [7, 11) is 0. The topological polar surface area (TPSA) is 51.2 Å². The van der Waals surface area contributed by atoms with E-state index in [1.54, 1.807) is 18.3 Å². The number of pyridine rings is 1. The Morgan fingerprint density at radius 1 is 1.19 bits per heavy atom. The van der Waals surface area contributed by atoms with Crippen LogP contribution in [-0.2, 0) is 11.2 Å². The van der Waals surface area contributed by atoms with Crippen molar-refractivity contribution in [3.05, 3.63) is 70.9 Å². The first-order chi connectivity index (χ1) is 12.7. The van der Waals surface area contributed by atoms with Crippen molar-refractivity contribution in [2.45, 2.75) is 25.3 Å². The van der Waals surface area contributed by atoms with Gasteiger partial charge in [0.1, 0.15) is 11.3 Å². The molecule has 132 valence electrons. The van der Waals surface area contributed by atoms with E-state index in [0.29, 0.717) is 16.3 Å². The number of ether oxygens (including phenoxy) is 1. The van der Waals surface area contributed by atoms with Crippen LogP contribution in [0.4, 0.5) is 0 Å². The Kier molecular flexibility index (Phi) is 4.76. The first-order valence-corrected chi connectivity index (χ1v) is 9.13. The molecular formula is C21H19ClN2O2. The number of benzene rings is 2. The highest BCUT2D eigenvalue weighted by atomic mass is 35.5.